The lowest BCUT2D eigenvalue weighted by molar-refractivity contribution is 0.0745. The SMILES string of the molecule is CC1(C)CCC(C)(C)c2cc(C3CC(O)C3)ccc21. The van der Waals surface area contributed by atoms with Gasteiger partial charge in [0.1, 0.15) is 0 Å². The van der Waals surface area contributed by atoms with Gasteiger partial charge in [0.25, 0.3) is 0 Å². The molecule has 1 saturated carbocycles. The van der Waals surface area contributed by atoms with Crippen molar-refractivity contribution in [3.8, 4) is 0 Å². The predicted octanol–water partition coefficient (Wildman–Crippen LogP) is 4.27. The molecule has 0 unspecified atom stereocenters. The van der Waals surface area contributed by atoms with E-state index >= 15 is 0 Å². The fourth-order valence-corrected chi connectivity index (χ4v) is 3.72. The number of fused-ring (bicyclic) bond motifs is 1. The van der Waals surface area contributed by atoms with Crippen LogP contribution in [0.3, 0.4) is 0 Å². The molecular weight excluding hydrogens is 232 g/mol. The van der Waals surface area contributed by atoms with Crippen LogP contribution in [0.2, 0.25) is 0 Å². The summed E-state index contributed by atoms with van der Waals surface area (Å²) in [5.74, 6) is 0.584. The molecule has 104 valence electrons. The lowest BCUT2D eigenvalue weighted by Crippen LogP contribution is -2.34. The highest BCUT2D eigenvalue weighted by Crippen LogP contribution is 2.47. The van der Waals surface area contributed by atoms with E-state index in [0.29, 0.717) is 16.7 Å². The smallest absolute Gasteiger partial charge is 0.0552 e. The van der Waals surface area contributed by atoms with Crippen LogP contribution in [0, 0.1) is 0 Å². The third-order valence-electron chi connectivity index (χ3n) is 5.46. The third-order valence-corrected chi connectivity index (χ3v) is 5.46. The highest BCUT2D eigenvalue weighted by Gasteiger charge is 2.38. The molecule has 0 spiro atoms. The minimum absolute atomic E-state index is 0.0644. The summed E-state index contributed by atoms with van der Waals surface area (Å²) in [7, 11) is 0. The number of rotatable bonds is 1. The van der Waals surface area contributed by atoms with Crippen molar-refractivity contribution in [2.75, 3.05) is 0 Å². The number of benzene rings is 1. The molecule has 0 saturated heterocycles. The molecule has 0 bridgehead atoms. The summed E-state index contributed by atoms with van der Waals surface area (Å²) in [5, 5.41) is 9.50. The molecule has 2 aliphatic carbocycles. The first kappa shape index (κ1) is 13.2. The lowest BCUT2D eigenvalue weighted by atomic mass is 9.62. The van der Waals surface area contributed by atoms with Crippen molar-refractivity contribution < 1.29 is 5.11 Å². The second-order valence-corrected chi connectivity index (χ2v) is 7.89. The third kappa shape index (κ3) is 2.12. The largest absolute Gasteiger partial charge is 0.393 e. The maximum Gasteiger partial charge on any atom is 0.0552 e. The Morgan fingerprint density at radius 1 is 0.947 bits per heavy atom. The quantitative estimate of drug-likeness (QED) is 0.797. The minimum atomic E-state index is -0.0644. The van der Waals surface area contributed by atoms with E-state index in [1.165, 1.54) is 24.0 Å². The Labute approximate surface area is 117 Å². The first-order valence-corrected chi connectivity index (χ1v) is 7.63. The zero-order valence-corrected chi connectivity index (χ0v) is 12.7. The molecule has 0 heterocycles. The lowest BCUT2D eigenvalue weighted by Gasteiger charge is -2.43. The van der Waals surface area contributed by atoms with E-state index in [-0.39, 0.29) is 6.10 Å². The van der Waals surface area contributed by atoms with Gasteiger partial charge in [0.15, 0.2) is 0 Å². The molecule has 0 atom stereocenters. The van der Waals surface area contributed by atoms with Crippen molar-refractivity contribution in [3.63, 3.8) is 0 Å². The summed E-state index contributed by atoms with van der Waals surface area (Å²) in [6.45, 7) is 9.49. The van der Waals surface area contributed by atoms with Crippen LogP contribution < -0.4 is 0 Å². The monoisotopic (exact) mass is 258 g/mol. The molecule has 0 radical (unpaired) electrons. The second-order valence-electron chi connectivity index (χ2n) is 7.89. The minimum Gasteiger partial charge on any atom is -0.393 e. The first-order chi connectivity index (χ1) is 8.79. The Morgan fingerprint density at radius 2 is 1.53 bits per heavy atom. The molecule has 1 nitrogen and oxygen atoms in total. The fourth-order valence-electron chi connectivity index (χ4n) is 3.72. The van der Waals surface area contributed by atoms with E-state index in [1.54, 1.807) is 5.56 Å². The van der Waals surface area contributed by atoms with Gasteiger partial charge in [-0.15, -0.1) is 0 Å². The van der Waals surface area contributed by atoms with Crippen LogP contribution in [0.4, 0.5) is 0 Å². The van der Waals surface area contributed by atoms with Crippen LogP contribution in [-0.4, -0.2) is 11.2 Å². The Bertz CT molecular complexity index is 492. The van der Waals surface area contributed by atoms with Gasteiger partial charge in [-0.2, -0.15) is 0 Å². The Balaban J connectivity index is 2.02. The topological polar surface area (TPSA) is 20.2 Å². The average molecular weight is 258 g/mol. The van der Waals surface area contributed by atoms with Crippen molar-refractivity contribution in [3.05, 3.63) is 34.9 Å². The van der Waals surface area contributed by atoms with Gasteiger partial charge < -0.3 is 5.11 Å². The van der Waals surface area contributed by atoms with Crippen LogP contribution in [0.5, 0.6) is 0 Å². The molecular formula is C18H26O. The standard InChI is InChI=1S/C18H26O/c1-17(2)7-8-18(3,4)16-11-12(5-6-15(16)17)13-9-14(19)10-13/h5-6,11,13-14,19H,7-10H2,1-4H3. The van der Waals surface area contributed by atoms with Crippen LogP contribution in [0.25, 0.3) is 0 Å². The van der Waals surface area contributed by atoms with Crippen LogP contribution in [0.1, 0.15) is 76.0 Å². The number of aliphatic hydroxyl groups is 1. The maximum absolute atomic E-state index is 9.50. The van der Waals surface area contributed by atoms with Crippen molar-refractivity contribution in [1.29, 1.82) is 0 Å². The van der Waals surface area contributed by atoms with Gasteiger partial charge in [0, 0.05) is 0 Å². The van der Waals surface area contributed by atoms with Gasteiger partial charge in [-0.25, -0.2) is 0 Å². The van der Waals surface area contributed by atoms with Gasteiger partial charge in [0.2, 0.25) is 0 Å². The van der Waals surface area contributed by atoms with Crippen molar-refractivity contribution in [2.45, 2.75) is 76.2 Å². The fraction of sp³-hybridized carbons (Fsp3) is 0.667. The maximum atomic E-state index is 9.50. The Morgan fingerprint density at radius 3 is 2.11 bits per heavy atom. The zero-order chi connectivity index (χ0) is 13.8. The highest BCUT2D eigenvalue weighted by molar-refractivity contribution is 5.44. The Hall–Kier alpha value is -0.820. The van der Waals surface area contributed by atoms with E-state index < -0.39 is 0 Å². The van der Waals surface area contributed by atoms with E-state index in [9.17, 15) is 5.11 Å². The summed E-state index contributed by atoms with van der Waals surface area (Å²) in [4.78, 5) is 0. The molecule has 1 aromatic rings. The van der Waals surface area contributed by atoms with Crippen molar-refractivity contribution in [1.82, 2.24) is 0 Å². The van der Waals surface area contributed by atoms with Crippen molar-refractivity contribution >= 4 is 0 Å². The molecule has 2 aliphatic rings. The Kier molecular flexibility index (Phi) is 2.83. The van der Waals surface area contributed by atoms with Crippen LogP contribution in [-0.2, 0) is 10.8 Å². The summed E-state index contributed by atoms with van der Waals surface area (Å²) < 4.78 is 0. The first-order valence-electron chi connectivity index (χ1n) is 7.63. The van der Waals surface area contributed by atoms with E-state index in [4.69, 9.17) is 0 Å². The van der Waals surface area contributed by atoms with Gasteiger partial charge in [0.05, 0.1) is 6.10 Å². The molecule has 3 rings (SSSR count). The summed E-state index contributed by atoms with van der Waals surface area (Å²) >= 11 is 0. The zero-order valence-electron chi connectivity index (χ0n) is 12.7. The number of hydrogen-bond acceptors (Lipinski definition) is 1. The molecule has 0 aromatic heterocycles. The van der Waals surface area contributed by atoms with Gasteiger partial charge in [-0.1, -0.05) is 45.9 Å². The number of aliphatic hydroxyl groups excluding tert-OH is 1. The molecule has 1 heteroatoms. The molecule has 19 heavy (non-hydrogen) atoms. The van der Waals surface area contributed by atoms with E-state index in [1.807, 2.05) is 0 Å². The molecule has 1 N–H and O–H groups in total. The molecule has 0 amide bonds. The predicted molar refractivity (Wildman–Crippen MR) is 79.7 cm³/mol. The summed E-state index contributed by atoms with van der Waals surface area (Å²) in [6, 6.07) is 7.10. The molecule has 1 fully saturated rings. The molecule has 1 aromatic carbocycles. The van der Waals surface area contributed by atoms with E-state index in [0.717, 1.165) is 12.8 Å². The van der Waals surface area contributed by atoms with Crippen LogP contribution in [0.15, 0.2) is 18.2 Å². The van der Waals surface area contributed by atoms with Crippen LogP contribution >= 0.6 is 0 Å². The number of hydrogen-bond donors (Lipinski definition) is 1. The second kappa shape index (κ2) is 4.09. The van der Waals surface area contributed by atoms with E-state index in [2.05, 4.69) is 45.9 Å². The highest BCUT2D eigenvalue weighted by atomic mass is 16.3. The normalized spacial score (nSPS) is 31.4. The van der Waals surface area contributed by atoms with Gasteiger partial charge in [-0.3, -0.25) is 0 Å². The average Bonchev–Trinajstić information content (AvgIpc) is 2.31. The van der Waals surface area contributed by atoms with Crippen molar-refractivity contribution in [2.24, 2.45) is 0 Å². The molecule has 0 aliphatic heterocycles. The van der Waals surface area contributed by atoms with Gasteiger partial charge >= 0.3 is 0 Å². The van der Waals surface area contributed by atoms with Gasteiger partial charge in [-0.05, 0) is 59.1 Å². The summed E-state index contributed by atoms with van der Waals surface area (Å²) in [6.07, 6.45) is 4.37. The summed E-state index contributed by atoms with van der Waals surface area (Å²) in [5.41, 5.74) is 5.12.